The van der Waals surface area contributed by atoms with Crippen LogP contribution in [0.15, 0.2) is 42.6 Å². The third-order valence-electron chi connectivity index (χ3n) is 2.68. The summed E-state index contributed by atoms with van der Waals surface area (Å²) in [6, 6.07) is 11.8. The summed E-state index contributed by atoms with van der Waals surface area (Å²) in [5.74, 6) is 0. The fourth-order valence-electron chi connectivity index (χ4n) is 1.94. The number of hydrogen-bond acceptors (Lipinski definition) is 2. The van der Waals surface area contributed by atoms with Crippen LogP contribution in [0, 0.1) is 0 Å². The third kappa shape index (κ3) is 1.28. The molecule has 1 aromatic carbocycles. The lowest BCUT2D eigenvalue weighted by Crippen LogP contribution is -2.03. The zero-order valence-electron chi connectivity index (χ0n) is 8.13. The summed E-state index contributed by atoms with van der Waals surface area (Å²) >= 11 is 0. The van der Waals surface area contributed by atoms with Crippen molar-refractivity contribution in [2.24, 2.45) is 0 Å². The first-order valence-corrected chi connectivity index (χ1v) is 4.91. The quantitative estimate of drug-likeness (QED) is 0.707. The molecule has 0 amide bonds. The first-order valence-electron chi connectivity index (χ1n) is 4.91. The van der Waals surface area contributed by atoms with Gasteiger partial charge in [-0.3, -0.25) is 0 Å². The number of ether oxygens (including phenoxy) is 1. The Kier molecular flexibility index (Phi) is 1.87. The Balaban J connectivity index is 2.26. The van der Waals surface area contributed by atoms with Crippen molar-refractivity contribution >= 4 is 0 Å². The average Bonchev–Trinajstić information content (AvgIpc) is 2.71. The molecular formula is C12H11NO2. The number of para-hydroxylation sites is 1. The summed E-state index contributed by atoms with van der Waals surface area (Å²) in [6.45, 7) is 0.443. The fraction of sp³-hybridized carbons (Fsp3) is 0.167. The van der Waals surface area contributed by atoms with Crippen molar-refractivity contribution in [2.45, 2.75) is 12.9 Å². The first kappa shape index (κ1) is 8.71. The highest BCUT2D eigenvalue weighted by Gasteiger charge is 2.19. The Morgan fingerprint density at radius 2 is 2.07 bits per heavy atom. The lowest BCUT2D eigenvalue weighted by Gasteiger charge is -2.09. The SMILES string of the molecule is OC1OCc2ccccc2-n2cccc21. The molecule has 1 aliphatic rings. The molecule has 3 heteroatoms. The minimum atomic E-state index is -0.840. The van der Waals surface area contributed by atoms with E-state index in [1.54, 1.807) is 0 Å². The lowest BCUT2D eigenvalue weighted by atomic mass is 10.2. The van der Waals surface area contributed by atoms with Gasteiger partial charge in [-0.2, -0.15) is 0 Å². The zero-order chi connectivity index (χ0) is 10.3. The van der Waals surface area contributed by atoms with Crippen molar-refractivity contribution in [3.63, 3.8) is 0 Å². The van der Waals surface area contributed by atoms with Gasteiger partial charge in [0, 0.05) is 11.8 Å². The van der Waals surface area contributed by atoms with Crippen LogP contribution < -0.4 is 0 Å². The molecule has 15 heavy (non-hydrogen) atoms. The second kappa shape index (κ2) is 3.22. The van der Waals surface area contributed by atoms with E-state index in [9.17, 15) is 5.11 Å². The molecule has 1 aliphatic heterocycles. The molecule has 0 bridgehead atoms. The average molecular weight is 201 g/mol. The van der Waals surface area contributed by atoms with Crippen LogP contribution >= 0.6 is 0 Å². The molecule has 1 N–H and O–H groups in total. The molecule has 0 radical (unpaired) electrons. The highest BCUT2D eigenvalue weighted by atomic mass is 16.6. The van der Waals surface area contributed by atoms with Gasteiger partial charge in [0.15, 0.2) is 6.29 Å². The van der Waals surface area contributed by atoms with Crippen molar-refractivity contribution in [3.8, 4) is 5.69 Å². The van der Waals surface area contributed by atoms with E-state index >= 15 is 0 Å². The maximum absolute atomic E-state index is 9.76. The molecule has 0 saturated heterocycles. The van der Waals surface area contributed by atoms with Gasteiger partial charge in [-0.1, -0.05) is 18.2 Å². The summed E-state index contributed by atoms with van der Waals surface area (Å²) < 4.78 is 7.31. The molecule has 1 aromatic heterocycles. The molecule has 0 spiro atoms. The molecule has 3 rings (SSSR count). The normalized spacial score (nSPS) is 19.1. The Morgan fingerprint density at radius 1 is 1.20 bits per heavy atom. The number of rotatable bonds is 0. The number of fused-ring (bicyclic) bond motifs is 3. The fourth-order valence-corrected chi connectivity index (χ4v) is 1.94. The van der Waals surface area contributed by atoms with Crippen LogP contribution in [0.5, 0.6) is 0 Å². The molecule has 0 fully saturated rings. The van der Waals surface area contributed by atoms with E-state index in [1.165, 1.54) is 0 Å². The second-order valence-corrected chi connectivity index (χ2v) is 3.60. The van der Waals surface area contributed by atoms with Gasteiger partial charge >= 0.3 is 0 Å². The predicted molar refractivity (Wildman–Crippen MR) is 55.5 cm³/mol. The molecule has 0 saturated carbocycles. The van der Waals surface area contributed by atoms with Crippen LogP contribution in [0.2, 0.25) is 0 Å². The molecule has 1 atom stereocenters. The predicted octanol–water partition coefficient (Wildman–Crippen LogP) is 2.00. The van der Waals surface area contributed by atoms with Gasteiger partial charge in [0.2, 0.25) is 0 Å². The van der Waals surface area contributed by atoms with E-state index in [2.05, 4.69) is 0 Å². The summed E-state index contributed by atoms with van der Waals surface area (Å²) in [6.07, 6.45) is 1.10. The molecule has 76 valence electrons. The van der Waals surface area contributed by atoms with Crippen molar-refractivity contribution in [2.75, 3.05) is 0 Å². The van der Waals surface area contributed by atoms with Crippen molar-refractivity contribution < 1.29 is 9.84 Å². The molecule has 2 aromatic rings. The summed E-state index contributed by atoms with van der Waals surface area (Å²) in [5, 5.41) is 9.76. The van der Waals surface area contributed by atoms with Gasteiger partial charge in [0.05, 0.1) is 18.0 Å². The molecule has 3 nitrogen and oxygen atoms in total. The Hall–Kier alpha value is -1.58. The van der Waals surface area contributed by atoms with Gasteiger partial charge in [0.25, 0.3) is 0 Å². The topological polar surface area (TPSA) is 34.4 Å². The standard InChI is InChI=1S/C12H11NO2/c14-12-11-6-3-7-13(11)10-5-2-1-4-9(10)8-15-12/h1-7,12,14H,8H2. The van der Waals surface area contributed by atoms with Gasteiger partial charge < -0.3 is 14.4 Å². The maximum Gasteiger partial charge on any atom is 0.197 e. The van der Waals surface area contributed by atoms with Crippen LogP contribution in [-0.4, -0.2) is 9.67 Å². The van der Waals surface area contributed by atoms with E-state index in [-0.39, 0.29) is 0 Å². The van der Waals surface area contributed by atoms with Gasteiger partial charge in [-0.25, -0.2) is 0 Å². The van der Waals surface area contributed by atoms with E-state index in [1.807, 2.05) is 47.2 Å². The summed E-state index contributed by atoms with van der Waals surface area (Å²) in [5.41, 5.74) is 2.94. The Bertz CT molecular complexity index is 490. The highest BCUT2D eigenvalue weighted by molar-refractivity contribution is 5.43. The van der Waals surface area contributed by atoms with Gasteiger partial charge in [0.1, 0.15) is 0 Å². The molecule has 1 unspecified atom stereocenters. The first-order chi connectivity index (χ1) is 7.36. The Labute approximate surface area is 87.5 Å². The zero-order valence-corrected chi connectivity index (χ0v) is 8.13. The highest BCUT2D eigenvalue weighted by Crippen LogP contribution is 2.27. The van der Waals surface area contributed by atoms with Gasteiger partial charge in [-0.15, -0.1) is 0 Å². The van der Waals surface area contributed by atoms with E-state index in [0.717, 1.165) is 16.9 Å². The van der Waals surface area contributed by atoms with E-state index < -0.39 is 6.29 Å². The van der Waals surface area contributed by atoms with Crippen LogP contribution in [0.1, 0.15) is 17.5 Å². The molecular weight excluding hydrogens is 190 g/mol. The number of aliphatic hydroxyl groups excluding tert-OH is 1. The molecule has 0 aliphatic carbocycles. The minimum Gasteiger partial charge on any atom is -0.363 e. The third-order valence-corrected chi connectivity index (χ3v) is 2.68. The summed E-state index contributed by atoms with van der Waals surface area (Å²) in [7, 11) is 0. The van der Waals surface area contributed by atoms with Crippen molar-refractivity contribution in [1.82, 2.24) is 4.57 Å². The monoisotopic (exact) mass is 201 g/mol. The Morgan fingerprint density at radius 3 is 3.00 bits per heavy atom. The van der Waals surface area contributed by atoms with E-state index in [4.69, 9.17) is 4.74 Å². The van der Waals surface area contributed by atoms with Crippen molar-refractivity contribution in [1.29, 1.82) is 0 Å². The molecule has 2 heterocycles. The van der Waals surface area contributed by atoms with Crippen molar-refractivity contribution in [3.05, 3.63) is 53.9 Å². The number of aliphatic hydroxyl groups is 1. The lowest BCUT2D eigenvalue weighted by molar-refractivity contribution is -0.112. The number of hydrogen-bond donors (Lipinski definition) is 1. The largest absolute Gasteiger partial charge is 0.363 e. The van der Waals surface area contributed by atoms with Crippen LogP contribution in [-0.2, 0) is 11.3 Å². The van der Waals surface area contributed by atoms with Gasteiger partial charge in [-0.05, 0) is 18.2 Å². The number of benzene rings is 1. The summed E-state index contributed by atoms with van der Waals surface area (Å²) in [4.78, 5) is 0. The van der Waals surface area contributed by atoms with Crippen LogP contribution in [0.25, 0.3) is 5.69 Å². The van der Waals surface area contributed by atoms with E-state index in [0.29, 0.717) is 6.61 Å². The van der Waals surface area contributed by atoms with Crippen LogP contribution in [0.4, 0.5) is 0 Å². The number of aromatic nitrogens is 1. The second-order valence-electron chi connectivity index (χ2n) is 3.60. The minimum absolute atomic E-state index is 0.443. The smallest absolute Gasteiger partial charge is 0.197 e. The maximum atomic E-state index is 9.76. The number of nitrogens with zero attached hydrogens (tertiary/aromatic N) is 1. The van der Waals surface area contributed by atoms with Crippen LogP contribution in [0.3, 0.4) is 0 Å².